The van der Waals surface area contributed by atoms with E-state index in [9.17, 15) is 9.90 Å². The summed E-state index contributed by atoms with van der Waals surface area (Å²) in [6.07, 6.45) is 3.72. The Balaban J connectivity index is 2.50. The molecule has 0 aromatic heterocycles. The molecule has 1 aromatic rings. The number of alkyl halides is 1. The number of carbonyl (C=O) groups excluding carboxylic acids is 1. The summed E-state index contributed by atoms with van der Waals surface area (Å²) >= 11 is 3.37. The molecular formula is C13H17BrO2. The van der Waals surface area contributed by atoms with Crippen LogP contribution in [0.2, 0.25) is 0 Å². The predicted octanol–water partition coefficient (Wildman–Crippen LogP) is 3.84. The minimum atomic E-state index is 0.165. The van der Waals surface area contributed by atoms with E-state index in [-0.39, 0.29) is 11.5 Å². The predicted molar refractivity (Wildman–Crippen MR) is 69.4 cm³/mol. The lowest BCUT2D eigenvalue weighted by Gasteiger charge is -2.03. The van der Waals surface area contributed by atoms with Gasteiger partial charge in [0.15, 0.2) is 5.78 Å². The number of carbonyl (C=O) groups is 1. The zero-order valence-electron chi connectivity index (χ0n) is 9.50. The number of halogens is 1. The van der Waals surface area contributed by atoms with Crippen molar-refractivity contribution in [2.24, 2.45) is 0 Å². The van der Waals surface area contributed by atoms with Crippen LogP contribution in [0.15, 0.2) is 18.2 Å². The zero-order chi connectivity index (χ0) is 12.0. The summed E-state index contributed by atoms with van der Waals surface area (Å²) in [7, 11) is 0. The summed E-state index contributed by atoms with van der Waals surface area (Å²) in [6, 6.07) is 5.03. The lowest BCUT2D eigenvalue weighted by atomic mass is 10.0. The molecule has 0 heterocycles. The van der Waals surface area contributed by atoms with Gasteiger partial charge in [-0.2, -0.15) is 0 Å². The van der Waals surface area contributed by atoms with Crippen molar-refractivity contribution in [1.82, 2.24) is 0 Å². The van der Waals surface area contributed by atoms with Crippen molar-refractivity contribution in [1.29, 1.82) is 0 Å². The van der Waals surface area contributed by atoms with Gasteiger partial charge in [0.05, 0.1) is 0 Å². The molecule has 3 heteroatoms. The molecule has 1 N–H and O–H groups in total. The Bertz CT molecular complexity index is 361. The van der Waals surface area contributed by atoms with E-state index in [2.05, 4.69) is 15.9 Å². The third kappa shape index (κ3) is 3.97. The number of phenolic OH excluding ortho intramolecular Hbond substituents is 1. The molecule has 0 radical (unpaired) electrons. The minimum absolute atomic E-state index is 0.165. The van der Waals surface area contributed by atoms with Crippen molar-refractivity contribution in [3.63, 3.8) is 0 Å². The molecular weight excluding hydrogens is 268 g/mol. The first-order valence-corrected chi connectivity index (χ1v) is 6.66. The highest BCUT2D eigenvalue weighted by molar-refractivity contribution is 9.09. The second-order valence-corrected chi connectivity index (χ2v) is 4.72. The van der Waals surface area contributed by atoms with Crippen molar-refractivity contribution in [2.75, 3.05) is 5.33 Å². The molecule has 0 saturated heterocycles. The minimum Gasteiger partial charge on any atom is -0.508 e. The summed E-state index contributed by atoms with van der Waals surface area (Å²) < 4.78 is 0. The molecule has 0 bridgehead atoms. The van der Waals surface area contributed by atoms with Crippen molar-refractivity contribution in [3.8, 4) is 5.75 Å². The number of hydrogen-bond donors (Lipinski definition) is 1. The lowest BCUT2D eigenvalue weighted by Crippen LogP contribution is -1.99. The molecule has 0 fully saturated rings. The van der Waals surface area contributed by atoms with Gasteiger partial charge in [0.2, 0.25) is 0 Å². The molecule has 0 spiro atoms. The summed E-state index contributed by atoms with van der Waals surface area (Å²) in [4.78, 5) is 11.8. The van der Waals surface area contributed by atoms with Crippen LogP contribution in [0.3, 0.4) is 0 Å². The summed E-state index contributed by atoms with van der Waals surface area (Å²) in [5.41, 5.74) is 1.46. The van der Waals surface area contributed by atoms with Gasteiger partial charge in [-0.05, 0) is 43.5 Å². The van der Waals surface area contributed by atoms with Crippen LogP contribution in [0.5, 0.6) is 5.75 Å². The number of hydrogen-bond acceptors (Lipinski definition) is 2. The monoisotopic (exact) mass is 284 g/mol. The van der Waals surface area contributed by atoms with Crippen LogP contribution in [-0.2, 0) is 0 Å². The summed E-state index contributed by atoms with van der Waals surface area (Å²) in [5.74, 6) is 0.411. The largest absolute Gasteiger partial charge is 0.508 e. The number of ketones is 1. The lowest BCUT2D eigenvalue weighted by molar-refractivity contribution is 0.0979. The van der Waals surface area contributed by atoms with Gasteiger partial charge in [-0.15, -0.1) is 0 Å². The Kier molecular flexibility index (Phi) is 5.53. The van der Waals surface area contributed by atoms with E-state index < -0.39 is 0 Å². The Morgan fingerprint density at radius 1 is 1.31 bits per heavy atom. The maximum absolute atomic E-state index is 11.8. The van der Waals surface area contributed by atoms with E-state index in [1.54, 1.807) is 25.1 Å². The van der Waals surface area contributed by atoms with Gasteiger partial charge in [-0.1, -0.05) is 22.4 Å². The number of unbranched alkanes of at least 4 members (excludes halogenated alkanes) is 2. The third-order valence-corrected chi connectivity index (χ3v) is 3.12. The van der Waals surface area contributed by atoms with E-state index in [0.29, 0.717) is 12.0 Å². The van der Waals surface area contributed by atoms with Gasteiger partial charge in [0, 0.05) is 17.3 Å². The van der Waals surface area contributed by atoms with Crippen molar-refractivity contribution < 1.29 is 9.90 Å². The highest BCUT2D eigenvalue weighted by Gasteiger charge is 2.07. The Morgan fingerprint density at radius 2 is 2.06 bits per heavy atom. The number of benzene rings is 1. The fraction of sp³-hybridized carbons (Fsp3) is 0.462. The van der Waals surface area contributed by atoms with Gasteiger partial charge < -0.3 is 5.11 Å². The van der Waals surface area contributed by atoms with E-state index >= 15 is 0 Å². The molecule has 1 rings (SSSR count). The number of aryl methyl sites for hydroxylation is 1. The molecule has 1 aromatic carbocycles. The van der Waals surface area contributed by atoms with E-state index in [1.807, 2.05) is 0 Å². The van der Waals surface area contributed by atoms with E-state index in [1.165, 1.54) is 0 Å². The maximum Gasteiger partial charge on any atom is 0.162 e. The average Bonchev–Trinajstić information content (AvgIpc) is 2.28. The van der Waals surface area contributed by atoms with Crippen LogP contribution >= 0.6 is 15.9 Å². The second-order valence-electron chi connectivity index (χ2n) is 3.92. The van der Waals surface area contributed by atoms with E-state index in [4.69, 9.17) is 0 Å². The van der Waals surface area contributed by atoms with Crippen LogP contribution < -0.4 is 0 Å². The Morgan fingerprint density at radius 3 is 2.69 bits per heavy atom. The third-order valence-electron chi connectivity index (χ3n) is 2.56. The molecule has 0 aliphatic carbocycles. The summed E-state index contributed by atoms with van der Waals surface area (Å²) in [6.45, 7) is 1.80. The molecule has 0 aliphatic heterocycles. The van der Waals surface area contributed by atoms with Crippen LogP contribution in [0, 0.1) is 6.92 Å². The molecule has 0 saturated carbocycles. The normalized spacial score (nSPS) is 10.4. The Labute approximate surface area is 105 Å². The molecule has 0 amide bonds. The number of aromatic hydroxyl groups is 1. The first-order valence-electron chi connectivity index (χ1n) is 5.54. The maximum atomic E-state index is 11.8. The second kappa shape index (κ2) is 6.69. The SMILES string of the molecule is Cc1cc(C(=O)CCCCCBr)ccc1O. The fourth-order valence-corrected chi connectivity index (χ4v) is 1.93. The smallest absolute Gasteiger partial charge is 0.162 e. The van der Waals surface area contributed by atoms with Gasteiger partial charge in [-0.3, -0.25) is 4.79 Å². The topological polar surface area (TPSA) is 37.3 Å². The van der Waals surface area contributed by atoms with Gasteiger partial charge in [0.1, 0.15) is 5.75 Å². The molecule has 88 valence electrons. The fourth-order valence-electron chi connectivity index (χ4n) is 1.53. The number of phenols is 1. The molecule has 0 aliphatic rings. The molecule has 16 heavy (non-hydrogen) atoms. The van der Waals surface area contributed by atoms with Crippen LogP contribution in [0.1, 0.15) is 41.6 Å². The van der Waals surface area contributed by atoms with E-state index in [0.717, 1.165) is 30.2 Å². The average molecular weight is 285 g/mol. The van der Waals surface area contributed by atoms with Crippen LogP contribution in [-0.4, -0.2) is 16.2 Å². The standard InChI is InChI=1S/C13H17BrO2/c1-10-9-11(6-7-12(10)15)13(16)5-3-2-4-8-14/h6-7,9,15H,2-5,8H2,1H3. The first kappa shape index (κ1) is 13.2. The highest BCUT2D eigenvalue weighted by Crippen LogP contribution is 2.18. The van der Waals surface area contributed by atoms with Gasteiger partial charge in [-0.25, -0.2) is 0 Å². The van der Waals surface area contributed by atoms with Crippen LogP contribution in [0.4, 0.5) is 0 Å². The number of rotatable bonds is 6. The highest BCUT2D eigenvalue weighted by atomic mass is 79.9. The summed E-state index contributed by atoms with van der Waals surface area (Å²) in [5, 5.41) is 10.4. The number of Topliss-reactive ketones (excluding diaryl/α,β-unsaturated/α-hetero) is 1. The zero-order valence-corrected chi connectivity index (χ0v) is 11.1. The first-order chi connectivity index (χ1) is 7.65. The molecule has 0 unspecified atom stereocenters. The molecule has 2 nitrogen and oxygen atoms in total. The molecule has 0 atom stereocenters. The Hall–Kier alpha value is -0.830. The van der Waals surface area contributed by atoms with Gasteiger partial charge in [0.25, 0.3) is 0 Å². The van der Waals surface area contributed by atoms with Crippen LogP contribution in [0.25, 0.3) is 0 Å². The van der Waals surface area contributed by atoms with Crippen molar-refractivity contribution in [2.45, 2.75) is 32.6 Å². The van der Waals surface area contributed by atoms with Crippen molar-refractivity contribution in [3.05, 3.63) is 29.3 Å². The van der Waals surface area contributed by atoms with Gasteiger partial charge >= 0.3 is 0 Å². The quantitative estimate of drug-likeness (QED) is 0.490. The van der Waals surface area contributed by atoms with Crippen molar-refractivity contribution >= 4 is 21.7 Å².